The topological polar surface area (TPSA) is 29.1 Å². The molecule has 1 fully saturated rings. The van der Waals surface area contributed by atoms with Gasteiger partial charge in [-0.1, -0.05) is 19.1 Å². The second kappa shape index (κ2) is 4.24. The predicted molar refractivity (Wildman–Crippen MR) is 60.7 cm³/mol. The van der Waals surface area contributed by atoms with Crippen molar-refractivity contribution in [3.8, 4) is 0 Å². The molecule has 1 aromatic carbocycles. The molecule has 0 spiro atoms. The van der Waals surface area contributed by atoms with Crippen LogP contribution in [0.2, 0.25) is 0 Å². The first-order valence-corrected chi connectivity index (χ1v) is 5.67. The molecule has 1 aromatic rings. The number of rotatable bonds is 2. The number of carbonyl (C=O) groups excluding carboxylic acids is 1. The van der Waals surface area contributed by atoms with Gasteiger partial charge in [0.1, 0.15) is 5.82 Å². The summed E-state index contributed by atoms with van der Waals surface area (Å²) in [6.07, 6.45) is 1.43. The fourth-order valence-electron chi connectivity index (χ4n) is 2.34. The Morgan fingerprint density at radius 3 is 2.88 bits per heavy atom. The summed E-state index contributed by atoms with van der Waals surface area (Å²) in [5.74, 6) is 0.102. The molecule has 1 saturated heterocycles. The van der Waals surface area contributed by atoms with Gasteiger partial charge in [-0.2, -0.15) is 0 Å². The molecule has 2 unspecified atom stereocenters. The number of benzene rings is 1. The highest BCUT2D eigenvalue weighted by atomic mass is 19.1. The molecule has 2 rings (SSSR count). The fraction of sp³-hybridized carbons (Fsp3) is 0.462. The number of nitrogens with one attached hydrogen (secondary N) is 1. The molecule has 2 nitrogen and oxygen atoms in total. The van der Waals surface area contributed by atoms with E-state index in [0.29, 0.717) is 12.0 Å². The summed E-state index contributed by atoms with van der Waals surface area (Å²) in [6.45, 7) is 3.81. The first kappa shape index (κ1) is 11.1. The molecule has 1 aliphatic rings. The van der Waals surface area contributed by atoms with E-state index in [1.807, 2.05) is 6.07 Å². The number of halogens is 1. The summed E-state index contributed by atoms with van der Waals surface area (Å²) in [7, 11) is 0. The van der Waals surface area contributed by atoms with Gasteiger partial charge in [0.15, 0.2) is 0 Å². The summed E-state index contributed by atoms with van der Waals surface area (Å²) in [5, 5.41) is 2.95. The number of amides is 1. The molecule has 0 aliphatic carbocycles. The van der Waals surface area contributed by atoms with Crippen LogP contribution < -0.4 is 5.32 Å². The molecule has 16 heavy (non-hydrogen) atoms. The molecule has 1 amide bonds. The Bertz CT molecular complexity index is 416. The smallest absolute Gasteiger partial charge is 0.220 e. The highest BCUT2D eigenvalue weighted by molar-refractivity contribution is 5.80. The maximum Gasteiger partial charge on any atom is 0.220 e. The number of aryl methyl sites for hydroxylation is 1. The molecule has 0 saturated carbocycles. The standard InChI is InChI=1S/C13H16FNO/c1-3-12-10(7-13(16)15-12)9-4-5-11(14)8(2)6-9/h4-6,10,12H,3,7H2,1-2H3,(H,15,16). The van der Waals surface area contributed by atoms with Crippen LogP contribution >= 0.6 is 0 Å². The highest BCUT2D eigenvalue weighted by Crippen LogP contribution is 2.30. The molecule has 0 aromatic heterocycles. The Labute approximate surface area is 94.9 Å². The normalized spacial score (nSPS) is 24.6. The van der Waals surface area contributed by atoms with Crippen molar-refractivity contribution in [1.82, 2.24) is 5.32 Å². The van der Waals surface area contributed by atoms with E-state index >= 15 is 0 Å². The maximum absolute atomic E-state index is 13.2. The third kappa shape index (κ3) is 1.94. The van der Waals surface area contributed by atoms with Crippen molar-refractivity contribution < 1.29 is 9.18 Å². The highest BCUT2D eigenvalue weighted by Gasteiger charge is 2.32. The third-order valence-electron chi connectivity index (χ3n) is 3.29. The van der Waals surface area contributed by atoms with Gasteiger partial charge in [-0.05, 0) is 30.5 Å². The van der Waals surface area contributed by atoms with Gasteiger partial charge in [-0.3, -0.25) is 4.79 Å². The van der Waals surface area contributed by atoms with E-state index in [4.69, 9.17) is 0 Å². The Balaban J connectivity index is 2.29. The Kier molecular flexibility index (Phi) is 2.95. The van der Waals surface area contributed by atoms with Crippen molar-refractivity contribution in [1.29, 1.82) is 0 Å². The van der Waals surface area contributed by atoms with E-state index in [1.165, 1.54) is 6.07 Å². The third-order valence-corrected chi connectivity index (χ3v) is 3.29. The number of hydrogen-bond acceptors (Lipinski definition) is 1. The molecule has 3 heteroatoms. The van der Waals surface area contributed by atoms with Gasteiger partial charge in [-0.25, -0.2) is 4.39 Å². The van der Waals surface area contributed by atoms with Crippen LogP contribution in [0.15, 0.2) is 18.2 Å². The van der Waals surface area contributed by atoms with E-state index in [0.717, 1.165) is 12.0 Å². The fourth-order valence-corrected chi connectivity index (χ4v) is 2.34. The van der Waals surface area contributed by atoms with Crippen molar-refractivity contribution in [3.05, 3.63) is 35.1 Å². The molecule has 1 aliphatic heterocycles. The lowest BCUT2D eigenvalue weighted by Crippen LogP contribution is -2.27. The molecule has 86 valence electrons. The molecule has 2 atom stereocenters. The number of carbonyl (C=O) groups is 1. The van der Waals surface area contributed by atoms with Gasteiger partial charge in [0.05, 0.1) is 0 Å². The molecule has 0 radical (unpaired) electrons. The zero-order chi connectivity index (χ0) is 11.7. The van der Waals surface area contributed by atoms with Crippen LogP contribution in [-0.4, -0.2) is 11.9 Å². The molecule has 1 heterocycles. The summed E-state index contributed by atoms with van der Waals surface area (Å²) in [5.41, 5.74) is 1.70. The lowest BCUT2D eigenvalue weighted by molar-refractivity contribution is -0.119. The second-order valence-electron chi connectivity index (χ2n) is 4.40. The minimum atomic E-state index is -0.186. The largest absolute Gasteiger partial charge is 0.353 e. The minimum absolute atomic E-state index is 0.0961. The van der Waals surface area contributed by atoms with Gasteiger partial charge in [0, 0.05) is 18.4 Å². The van der Waals surface area contributed by atoms with Crippen molar-refractivity contribution >= 4 is 5.91 Å². The minimum Gasteiger partial charge on any atom is -0.353 e. The van der Waals surface area contributed by atoms with Gasteiger partial charge >= 0.3 is 0 Å². The molecular formula is C13H16FNO. The first-order valence-electron chi connectivity index (χ1n) is 5.67. The Morgan fingerprint density at radius 1 is 1.50 bits per heavy atom. The van der Waals surface area contributed by atoms with E-state index in [9.17, 15) is 9.18 Å². The van der Waals surface area contributed by atoms with Crippen LogP contribution in [0.3, 0.4) is 0 Å². The monoisotopic (exact) mass is 221 g/mol. The van der Waals surface area contributed by atoms with Crippen LogP contribution in [-0.2, 0) is 4.79 Å². The quantitative estimate of drug-likeness (QED) is 0.816. The SMILES string of the molecule is CCC1NC(=O)CC1c1ccc(F)c(C)c1. The van der Waals surface area contributed by atoms with Crippen LogP contribution in [0.4, 0.5) is 4.39 Å². The van der Waals surface area contributed by atoms with Gasteiger partial charge < -0.3 is 5.32 Å². The van der Waals surface area contributed by atoms with Crippen molar-refractivity contribution in [2.75, 3.05) is 0 Å². The average Bonchev–Trinajstić information content (AvgIpc) is 2.63. The molecule has 1 N–H and O–H groups in total. The maximum atomic E-state index is 13.2. The van der Waals surface area contributed by atoms with E-state index in [1.54, 1.807) is 13.0 Å². The lowest BCUT2D eigenvalue weighted by atomic mass is 9.89. The average molecular weight is 221 g/mol. The predicted octanol–water partition coefficient (Wildman–Crippen LogP) is 2.52. The molecule has 0 bridgehead atoms. The summed E-state index contributed by atoms with van der Waals surface area (Å²) in [6, 6.07) is 5.32. The Morgan fingerprint density at radius 2 is 2.25 bits per heavy atom. The summed E-state index contributed by atoms with van der Waals surface area (Å²) < 4.78 is 13.2. The zero-order valence-corrected chi connectivity index (χ0v) is 9.59. The van der Waals surface area contributed by atoms with Crippen molar-refractivity contribution in [2.24, 2.45) is 0 Å². The second-order valence-corrected chi connectivity index (χ2v) is 4.40. The summed E-state index contributed by atoms with van der Waals surface area (Å²) >= 11 is 0. The van der Waals surface area contributed by atoms with Crippen LogP contribution in [0, 0.1) is 12.7 Å². The first-order chi connectivity index (χ1) is 7.61. The lowest BCUT2D eigenvalue weighted by Gasteiger charge is -2.17. The van der Waals surface area contributed by atoms with Crippen LogP contribution in [0.1, 0.15) is 36.8 Å². The van der Waals surface area contributed by atoms with Gasteiger partial charge in [0.25, 0.3) is 0 Å². The van der Waals surface area contributed by atoms with Gasteiger partial charge in [0.2, 0.25) is 5.91 Å². The van der Waals surface area contributed by atoms with Crippen LogP contribution in [0.25, 0.3) is 0 Å². The van der Waals surface area contributed by atoms with E-state index in [2.05, 4.69) is 12.2 Å². The summed E-state index contributed by atoms with van der Waals surface area (Å²) in [4.78, 5) is 11.4. The van der Waals surface area contributed by atoms with Crippen molar-refractivity contribution in [2.45, 2.75) is 38.6 Å². The van der Waals surface area contributed by atoms with Gasteiger partial charge in [-0.15, -0.1) is 0 Å². The number of hydrogen-bond donors (Lipinski definition) is 1. The molecular weight excluding hydrogens is 205 g/mol. The van der Waals surface area contributed by atoms with E-state index in [-0.39, 0.29) is 23.7 Å². The zero-order valence-electron chi connectivity index (χ0n) is 9.59. The van der Waals surface area contributed by atoms with Crippen LogP contribution in [0.5, 0.6) is 0 Å². The van der Waals surface area contributed by atoms with Crippen molar-refractivity contribution in [3.63, 3.8) is 0 Å². The van der Waals surface area contributed by atoms with E-state index < -0.39 is 0 Å². The Hall–Kier alpha value is -1.38.